The molecule has 0 aliphatic carbocycles. The summed E-state index contributed by atoms with van der Waals surface area (Å²) in [7, 11) is 0. The van der Waals surface area contributed by atoms with Gasteiger partial charge in [-0.05, 0) is 19.8 Å². The minimum atomic E-state index is -0.404. The molecule has 0 amide bonds. The van der Waals surface area contributed by atoms with E-state index in [1.807, 2.05) is 6.92 Å². The Bertz CT molecular complexity index is 156. The average molecular weight is 200 g/mol. The Morgan fingerprint density at radius 1 is 1.43 bits per heavy atom. The van der Waals surface area contributed by atoms with E-state index < -0.39 is 5.60 Å². The summed E-state index contributed by atoms with van der Waals surface area (Å²) >= 11 is 0. The van der Waals surface area contributed by atoms with Gasteiger partial charge in [-0.1, -0.05) is 32.8 Å². The van der Waals surface area contributed by atoms with Crippen molar-refractivity contribution in [2.45, 2.75) is 58.2 Å². The smallest absolute Gasteiger partial charge is 0.0916 e. The average Bonchev–Trinajstić information content (AvgIpc) is 2.15. The maximum Gasteiger partial charge on any atom is 0.0916 e. The minimum absolute atomic E-state index is 0.368. The fourth-order valence-electron chi connectivity index (χ4n) is 1.66. The van der Waals surface area contributed by atoms with Crippen molar-refractivity contribution in [2.24, 2.45) is 0 Å². The van der Waals surface area contributed by atoms with Crippen LogP contribution < -0.4 is 0 Å². The van der Waals surface area contributed by atoms with Crippen molar-refractivity contribution in [2.75, 3.05) is 6.61 Å². The molecule has 1 N–H and O–H groups in total. The lowest BCUT2D eigenvalue weighted by molar-refractivity contribution is -0.111. The van der Waals surface area contributed by atoms with Crippen molar-refractivity contribution in [3.05, 3.63) is 12.7 Å². The molecule has 14 heavy (non-hydrogen) atoms. The van der Waals surface area contributed by atoms with Gasteiger partial charge in [0.2, 0.25) is 0 Å². The number of rotatable bonds is 8. The van der Waals surface area contributed by atoms with Gasteiger partial charge in [0.25, 0.3) is 0 Å². The van der Waals surface area contributed by atoms with Gasteiger partial charge in [0.05, 0.1) is 18.3 Å². The first-order chi connectivity index (χ1) is 6.60. The third-order valence-electron chi connectivity index (χ3n) is 2.54. The summed E-state index contributed by atoms with van der Waals surface area (Å²) in [5.74, 6) is 0. The highest BCUT2D eigenvalue weighted by Gasteiger charge is 2.31. The molecular formula is C12H24O2. The lowest BCUT2D eigenvalue weighted by atomic mass is 9.90. The van der Waals surface area contributed by atoms with E-state index in [9.17, 15) is 5.11 Å². The number of ether oxygens (including phenoxy) is 1. The van der Waals surface area contributed by atoms with E-state index in [1.165, 1.54) is 0 Å². The molecule has 84 valence electrons. The first-order valence-electron chi connectivity index (χ1n) is 5.53. The Morgan fingerprint density at radius 2 is 2.07 bits per heavy atom. The van der Waals surface area contributed by atoms with Gasteiger partial charge in [-0.25, -0.2) is 0 Å². The first kappa shape index (κ1) is 13.7. The zero-order chi connectivity index (χ0) is 11.0. The van der Waals surface area contributed by atoms with Crippen molar-refractivity contribution >= 4 is 0 Å². The zero-order valence-electron chi connectivity index (χ0n) is 9.75. The van der Waals surface area contributed by atoms with Crippen LogP contribution in [0.4, 0.5) is 0 Å². The molecule has 0 fully saturated rings. The molecule has 0 rings (SSSR count). The third kappa shape index (κ3) is 4.25. The SMILES string of the molecule is C=CCO[C@](C)(CCC)[C@H](O)CCC. The highest BCUT2D eigenvalue weighted by Crippen LogP contribution is 2.25. The second-order valence-corrected chi connectivity index (χ2v) is 3.97. The van der Waals surface area contributed by atoms with Crippen molar-refractivity contribution in [3.63, 3.8) is 0 Å². The molecule has 2 atom stereocenters. The molecule has 0 unspecified atom stereocenters. The van der Waals surface area contributed by atoms with E-state index in [0.717, 1.165) is 25.7 Å². The van der Waals surface area contributed by atoms with Gasteiger partial charge in [0, 0.05) is 0 Å². The lowest BCUT2D eigenvalue weighted by Crippen LogP contribution is -2.42. The fraction of sp³-hybridized carbons (Fsp3) is 0.833. The molecule has 0 heterocycles. The second-order valence-electron chi connectivity index (χ2n) is 3.97. The Labute approximate surface area is 88.0 Å². The summed E-state index contributed by atoms with van der Waals surface area (Å²) in [6.07, 6.45) is 5.06. The van der Waals surface area contributed by atoms with Crippen LogP contribution in [0.1, 0.15) is 46.5 Å². The second kappa shape index (κ2) is 7.02. The summed E-state index contributed by atoms with van der Waals surface area (Å²) in [6.45, 7) is 10.3. The molecule has 0 radical (unpaired) electrons. The van der Waals surface area contributed by atoms with Crippen LogP contribution in [0.15, 0.2) is 12.7 Å². The quantitative estimate of drug-likeness (QED) is 0.610. The highest BCUT2D eigenvalue weighted by molar-refractivity contribution is 4.84. The van der Waals surface area contributed by atoms with E-state index in [4.69, 9.17) is 4.74 Å². The summed E-state index contributed by atoms with van der Waals surface area (Å²) in [5, 5.41) is 9.97. The van der Waals surface area contributed by atoms with Gasteiger partial charge in [-0.3, -0.25) is 0 Å². The third-order valence-corrected chi connectivity index (χ3v) is 2.54. The molecule has 0 saturated heterocycles. The van der Waals surface area contributed by atoms with E-state index >= 15 is 0 Å². The van der Waals surface area contributed by atoms with Crippen molar-refractivity contribution in [3.8, 4) is 0 Å². The van der Waals surface area contributed by atoms with Gasteiger partial charge < -0.3 is 9.84 Å². The molecule has 0 aromatic rings. The lowest BCUT2D eigenvalue weighted by Gasteiger charge is -2.34. The Hall–Kier alpha value is -0.340. The Kier molecular flexibility index (Phi) is 6.85. The largest absolute Gasteiger partial charge is 0.390 e. The molecule has 2 nitrogen and oxygen atoms in total. The van der Waals surface area contributed by atoms with Crippen LogP contribution in [0.25, 0.3) is 0 Å². The predicted octanol–water partition coefficient (Wildman–Crippen LogP) is 2.91. The Morgan fingerprint density at radius 3 is 2.50 bits per heavy atom. The molecule has 0 aromatic heterocycles. The van der Waals surface area contributed by atoms with Gasteiger partial charge in [0.15, 0.2) is 0 Å². The number of hydrogen-bond donors (Lipinski definition) is 1. The highest BCUT2D eigenvalue weighted by atomic mass is 16.5. The molecule has 0 aliphatic rings. The van der Waals surface area contributed by atoms with E-state index in [-0.39, 0.29) is 6.10 Å². The summed E-state index contributed by atoms with van der Waals surface area (Å²) in [4.78, 5) is 0. The molecule has 0 saturated carbocycles. The predicted molar refractivity (Wildman–Crippen MR) is 60.4 cm³/mol. The maximum atomic E-state index is 9.97. The minimum Gasteiger partial charge on any atom is -0.390 e. The summed E-state index contributed by atoms with van der Waals surface area (Å²) < 4.78 is 5.67. The van der Waals surface area contributed by atoms with Crippen molar-refractivity contribution in [1.82, 2.24) is 0 Å². The molecule has 2 heteroatoms. The van der Waals surface area contributed by atoms with Crippen LogP contribution in [0.5, 0.6) is 0 Å². The van der Waals surface area contributed by atoms with Crippen molar-refractivity contribution < 1.29 is 9.84 Å². The normalized spacial score (nSPS) is 17.4. The van der Waals surface area contributed by atoms with Crippen LogP contribution in [0, 0.1) is 0 Å². The van der Waals surface area contributed by atoms with Gasteiger partial charge in [-0.15, -0.1) is 6.58 Å². The van der Waals surface area contributed by atoms with E-state index in [2.05, 4.69) is 20.4 Å². The number of hydrogen-bond acceptors (Lipinski definition) is 2. The fourth-order valence-corrected chi connectivity index (χ4v) is 1.66. The van der Waals surface area contributed by atoms with E-state index in [0.29, 0.717) is 6.61 Å². The summed E-state index contributed by atoms with van der Waals surface area (Å²) in [5.41, 5.74) is -0.404. The standard InChI is InChI=1S/C12H24O2/c1-5-8-11(13)12(4,9-6-2)14-10-7-3/h7,11,13H,3,5-6,8-10H2,1-2,4H3/t11-,12-/m1/s1. The van der Waals surface area contributed by atoms with Crippen LogP contribution in [0.2, 0.25) is 0 Å². The molecule has 0 bridgehead atoms. The molecule has 0 spiro atoms. The molecular weight excluding hydrogens is 176 g/mol. The van der Waals surface area contributed by atoms with Gasteiger partial charge in [-0.2, -0.15) is 0 Å². The number of aliphatic hydroxyl groups is 1. The topological polar surface area (TPSA) is 29.5 Å². The van der Waals surface area contributed by atoms with Crippen LogP contribution >= 0.6 is 0 Å². The van der Waals surface area contributed by atoms with Gasteiger partial charge in [0.1, 0.15) is 0 Å². The maximum absolute atomic E-state index is 9.97. The molecule has 0 aromatic carbocycles. The first-order valence-corrected chi connectivity index (χ1v) is 5.53. The Balaban J connectivity index is 4.26. The summed E-state index contributed by atoms with van der Waals surface area (Å²) in [6, 6.07) is 0. The number of aliphatic hydroxyl groups excluding tert-OH is 1. The van der Waals surface area contributed by atoms with Crippen LogP contribution in [-0.4, -0.2) is 23.4 Å². The zero-order valence-corrected chi connectivity index (χ0v) is 9.75. The van der Waals surface area contributed by atoms with Crippen LogP contribution in [-0.2, 0) is 4.74 Å². The molecule has 0 aliphatic heterocycles. The monoisotopic (exact) mass is 200 g/mol. The van der Waals surface area contributed by atoms with Crippen LogP contribution in [0.3, 0.4) is 0 Å². The van der Waals surface area contributed by atoms with Crippen molar-refractivity contribution in [1.29, 1.82) is 0 Å². The van der Waals surface area contributed by atoms with E-state index in [1.54, 1.807) is 6.08 Å². The van der Waals surface area contributed by atoms with Gasteiger partial charge >= 0.3 is 0 Å².